The van der Waals surface area contributed by atoms with Crippen LogP contribution in [0.15, 0.2) is 33.5 Å². The van der Waals surface area contributed by atoms with Crippen molar-refractivity contribution in [2.45, 2.75) is 38.0 Å². The number of fused-ring (bicyclic) bond motifs is 1. The van der Waals surface area contributed by atoms with E-state index < -0.39 is 35.6 Å². The number of hydrogen-bond acceptors (Lipinski definition) is 7. The van der Waals surface area contributed by atoms with Gasteiger partial charge < -0.3 is 30.2 Å². The molecule has 0 unspecified atom stereocenters. The molecule has 160 valence electrons. The van der Waals surface area contributed by atoms with Gasteiger partial charge in [-0.25, -0.2) is 4.79 Å². The van der Waals surface area contributed by atoms with E-state index in [9.17, 15) is 24.3 Å². The molecule has 0 spiro atoms. The summed E-state index contributed by atoms with van der Waals surface area (Å²) in [7, 11) is 1.48. The summed E-state index contributed by atoms with van der Waals surface area (Å²) in [6, 6.07) is 4.10. The fourth-order valence-corrected chi connectivity index (χ4v) is 3.63. The molecule has 1 aromatic heterocycles. The number of hydrogen-bond donors (Lipinski definition) is 3. The molecule has 1 saturated heterocycles. The normalized spacial score (nSPS) is 19.5. The number of carbonyl (C=O) groups is 3. The van der Waals surface area contributed by atoms with E-state index in [1.807, 2.05) is 0 Å². The van der Waals surface area contributed by atoms with Crippen molar-refractivity contribution < 1.29 is 28.6 Å². The van der Waals surface area contributed by atoms with E-state index >= 15 is 0 Å². The molecule has 2 aromatic rings. The summed E-state index contributed by atoms with van der Waals surface area (Å²) < 4.78 is 10.3. The van der Waals surface area contributed by atoms with E-state index in [0.717, 1.165) is 0 Å². The number of nitrogens with two attached hydrogens (primary N) is 1. The van der Waals surface area contributed by atoms with Crippen LogP contribution in [0.3, 0.4) is 0 Å². The van der Waals surface area contributed by atoms with E-state index in [0.29, 0.717) is 16.7 Å². The number of methoxy groups -OCH3 is 1. The van der Waals surface area contributed by atoms with E-state index in [2.05, 4.69) is 5.32 Å². The summed E-state index contributed by atoms with van der Waals surface area (Å²) >= 11 is 0. The first-order valence-corrected chi connectivity index (χ1v) is 9.35. The van der Waals surface area contributed by atoms with Crippen LogP contribution in [0.2, 0.25) is 0 Å². The van der Waals surface area contributed by atoms with Gasteiger partial charge in [-0.15, -0.1) is 0 Å². The van der Waals surface area contributed by atoms with Gasteiger partial charge in [0.15, 0.2) is 0 Å². The van der Waals surface area contributed by atoms with Gasteiger partial charge in [-0.1, -0.05) is 0 Å². The van der Waals surface area contributed by atoms with Crippen LogP contribution in [0, 0.1) is 0 Å². The number of amides is 3. The van der Waals surface area contributed by atoms with Crippen molar-refractivity contribution in [3.63, 3.8) is 0 Å². The van der Waals surface area contributed by atoms with Gasteiger partial charge in [0.1, 0.15) is 23.4 Å². The molecule has 3 rings (SSSR count). The maximum atomic E-state index is 12.7. The maximum Gasteiger partial charge on any atom is 0.336 e. The number of aliphatic hydroxyl groups excluding tert-OH is 1. The summed E-state index contributed by atoms with van der Waals surface area (Å²) in [5, 5.41) is 12.9. The lowest BCUT2D eigenvalue weighted by Crippen LogP contribution is -2.52. The summed E-state index contributed by atoms with van der Waals surface area (Å²) in [5.74, 6) is -1.26. The molecule has 2 heterocycles. The molecule has 10 heteroatoms. The molecule has 10 nitrogen and oxygen atoms in total. The van der Waals surface area contributed by atoms with E-state index in [-0.39, 0.29) is 30.9 Å². The van der Waals surface area contributed by atoms with Crippen molar-refractivity contribution >= 4 is 28.7 Å². The number of likely N-dealkylation sites (tertiary alicyclic amines) is 1. The number of β-amino-alcohol motifs (C(OH)–C–C–N with tert-alkyl or cyclic N) is 1. The number of aliphatic hydroxyl groups is 1. The van der Waals surface area contributed by atoms with Gasteiger partial charge in [0.25, 0.3) is 0 Å². The van der Waals surface area contributed by atoms with Gasteiger partial charge >= 0.3 is 5.63 Å². The number of nitrogens with zero attached hydrogens (tertiary/aromatic N) is 1. The lowest BCUT2D eigenvalue weighted by Gasteiger charge is -2.24. The number of rotatable bonds is 6. The topological polar surface area (TPSA) is 152 Å². The van der Waals surface area contributed by atoms with Crippen LogP contribution >= 0.6 is 0 Å². The van der Waals surface area contributed by atoms with Gasteiger partial charge in [-0.05, 0) is 17.7 Å². The molecule has 4 N–H and O–H groups in total. The monoisotopic (exact) mass is 417 g/mol. The SMILES string of the molecule is COc1ccc2c(C[C@H](NC(=O)[C@@H]3C[C@@H](O)CN3C(C)=O)C(N)=O)cc(=O)oc2c1. The summed E-state index contributed by atoms with van der Waals surface area (Å²) in [6.07, 6.45) is -0.811. The highest BCUT2D eigenvalue weighted by atomic mass is 16.5. The smallest absolute Gasteiger partial charge is 0.336 e. The van der Waals surface area contributed by atoms with Crippen molar-refractivity contribution in [2.24, 2.45) is 5.73 Å². The predicted octanol–water partition coefficient (Wildman–Crippen LogP) is -0.704. The Labute approximate surface area is 171 Å². The van der Waals surface area contributed by atoms with Crippen LogP contribution in [0.5, 0.6) is 5.75 Å². The Bertz CT molecular complexity index is 1050. The van der Waals surface area contributed by atoms with Crippen LogP contribution in [0.1, 0.15) is 18.9 Å². The lowest BCUT2D eigenvalue weighted by atomic mass is 10.0. The first-order chi connectivity index (χ1) is 14.2. The van der Waals surface area contributed by atoms with Gasteiger partial charge in [-0.2, -0.15) is 0 Å². The first kappa shape index (κ1) is 21.3. The first-order valence-electron chi connectivity index (χ1n) is 9.35. The average molecular weight is 417 g/mol. The van der Waals surface area contributed by atoms with E-state index in [4.69, 9.17) is 14.9 Å². The minimum absolute atomic E-state index is 0.0425. The third-order valence-electron chi connectivity index (χ3n) is 5.11. The standard InChI is InChI=1S/C20H23N3O7/c1-10(24)23-9-12(25)7-16(23)20(28)22-15(19(21)27)5-11-6-18(26)30-17-8-13(29-2)3-4-14(11)17/h3-4,6,8,12,15-16,25H,5,7,9H2,1-2H3,(H2,21,27)(H,22,28)/t12-,15+,16+/m1/s1. The third-order valence-corrected chi connectivity index (χ3v) is 5.11. The largest absolute Gasteiger partial charge is 0.497 e. The quantitative estimate of drug-likeness (QED) is 0.525. The second-order valence-electron chi connectivity index (χ2n) is 7.20. The zero-order valence-electron chi connectivity index (χ0n) is 16.6. The van der Waals surface area contributed by atoms with Crippen molar-refractivity contribution in [1.82, 2.24) is 10.2 Å². The van der Waals surface area contributed by atoms with Crippen molar-refractivity contribution in [3.8, 4) is 5.75 Å². The molecule has 1 aliphatic heterocycles. The average Bonchev–Trinajstić information content (AvgIpc) is 3.08. The minimum Gasteiger partial charge on any atom is -0.497 e. The van der Waals surface area contributed by atoms with Gasteiger partial charge in [0, 0.05) is 43.8 Å². The van der Waals surface area contributed by atoms with Gasteiger partial charge in [0.2, 0.25) is 17.7 Å². The Kier molecular flexibility index (Phi) is 6.06. The molecule has 0 aliphatic carbocycles. The molecule has 1 aliphatic rings. The van der Waals surface area contributed by atoms with Crippen molar-refractivity contribution in [1.29, 1.82) is 0 Å². The maximum absolute atomic E-state index is 12.7. The highest BCUT2D eigenvalue weighted by molar-refractivity contribution is 5.92. The Hall–Kier alpha value is -3.40. The molecule has 3 atom stereocenters. The Balaban J connectivity index is 1.86. The Morgan fingerprint density at radius 2 is 2.10 bits per heavy atom. The lowest BCUT2D eigenvalue weighted by molar-refractivity contribution is -0.138. The van der Waals surface area contributed by atoms with Crippen LogP contribution < -0.4 is 21.4 Å². The highest BCUT2D eigenvalue weighted by Gasteiger charge is 2.38. The molecule has 30 heavy (non-hydrogen) atoms. The Morgan fingerprint density at radius 1 is 1.37 bits per heavy atom. The molecular weight excluding hydrogens is 394 g/mol. The third kappa shape index (κ3) is 4.43. The number of ether oxygens (including phenoxy) is 1. The van der Waals surface area contributed by atoms with Crippen LogP contribution in [-0.2, 0) is 20.8 Å². The van der Waals surface area contributed by atoms with Crippen LogP contribution in [-0.4, -0.2) is 59.6 Å². The summed E-state index contributed by atoms with van der Waals surface area (Å²) in [6.45, 7) is 1.34. The van der Waals surface area contributed by atoms with Crippen molar-refractivity contribution in [2.75, 3.05) is 13.7 Å². The van der Waals surface area contributed by atoms with Gasteiger partial charge in [0.05, 0.1) is 13.2 Å². The number of carbonyl (C=O) groups excluding carboxylic acids is 3. The molecule has 1 aromatic carbocycles. The number of nitrogens with one attached hydrogen (secondary N) is 1. The zero-order valence-corrected chi connectivity index (χ0v) is 16.6. The molecule has 0 bridgehead atoms. The second kappa shape index (κ2) is 8.54. The van der Waals surface area contributed by atoms with Crippen molar-refractivity contribution in [3.05, 3.63) is 40.2 Å². The number of primary amides is 1. The highest BCUT2D eigenvalue weighted by Crippen LogP contribution is 2.24. The minimum atomic E-state index is -1.13. The van der Waals surface area contributed by atoms with E-state index in [1.165, 1.54) is 25.0 Å². The second-order valence-corrected chi connectivity index (χ2v) is 7.20. The van der Waals surface area contributed by atoms with Crippen LogP contribution in [0.4, 0.5) is 0 Å². The predicted molar refractivity (Wildman–Crippen MR) is 106 cm³/mol. The zero-order chi connectivity index (χ0) is 22.0. The fourth-order valence-electron chi connectivity index (χ4n) is 3.63. The molecule has 0 saturated carbocycles. The molecule has 1 fully saturated rings. The molecule has 3 amide bonds. The molecular formula is C20H23N3O7. The van der Waals surface area contributed by atoms with E-state index in [1.54, 1.807) is 18.2 Å². The van der Waals surface area contributed by atoms with Gasteiger partial charge in [-0.3, -0.25) is 14.4 Å². The Morgan fingerprint density at radius 3 is 2.73 bits per heavy atom. The fraction of sp³-hybridized carbons (Fsp3) is 0.400. The summed E-state index contributed by atoms with van der Waals surface area (Å²) in [4.78, 5) is 49.7. The van der Waals surface area contributed by atoms with Crippen LogP contribution in [0.25, 0.3) is 11.0 Å². The number of benzene rings is 1. The molecule has 0 radical (unpaired) electrons. The summed E-state index contributed by atoms with van der Waals surface area (Å²) in [5.41, 5.74) is 5.59.